The van der Waals surface area contributed by atoms with Gasteiger partial charge in [-0.15, -0.1) is 0 Å². The third-order valence-electron chi connectivity index (χ3n) is 3.43. The van der Waals surface area contributed by atoms with Crippen molar-refractivity contribution < 1.29 is 0 Å². The van der Waals surface area contributed by atoms with Crippen LogP contribution < -0.4 is 0 Å². The van der Waals surface area contributed by atoms with Gasteiger partial charge in [-0.2, -0.15) is 0 Å². The van der Waals surface area contributed by atoms with Gasteiger partial charge in [0.2, 0.25) is 0 Å². The number of hydrogen-bond donors (Lipinski definition) is 0. The van der Waals surface area contributed by atoms with Crippen LogP contribution >= 0.6 is 0 Å². The molecule has 0 aromatic carbocycles. The van der Waals surface area contributed by atoms with Crippen LogP contribution in [0.1, 0.15) is 47.5 Å². The molecule has 0 aromatic heterocycles. The molecule has 11 heavy (non-hydrogen) atoms. The van der Waals surface area contributed by atoms with Crippen molar-refractivity contribution in [3.8, 4) is 0 Å². The molecule has 0 radical (unpaired) electrons. The second-order valence-electron chi connectivity index (χ2n) is 4.57. The Bertz CT molecular complexity index is 97.4. The van der Waals surface area contributed by atoms with E-state index in [1.54, 1.807) is 0 Å². The first-order valence-corrected chi connectivity index (χ1v) is 4.95. The maximum atomic E-state index is 2.42. The first-order chi connectivity index (χ1) is 4.95. The van der Waals surface area contributed by atoms with Crippen LogP contribution in [-0.4, -0.2) is 17.7 Å². The van der Waals surface area contributed by atoms with E-state index >= 15 is 0 Å². The van der Waals surface area contributed by atoms with Gasteiger partial charge in [-0.1, -0.05) is 0 Å². The van der Waals surface area contributed by atoms with E-state index in [1.165, 1.54) is 12.8 Å². The van der Waals surface area contributed by atoms with Gasteiger partial charge in [-0.25, -0.2) is 0 Å². The van der Waals surface area contributed by atoms with Gasteiger partial charge in [0.1, 0.15) is 0 Å². The molecule has 0 aliphatic rings. The van der Waals surface area contributed by atoms with Crippen LogP contribution in [0.2, 0.25) is 4.09 Å². The van der Waals surface area contributed by atoms with Gasteiger partial charge in [-0.05, 0) is 0 Å². The van der Waals surface area contributed by atoms with Gasteiger partial charge >= 0.3 is 81.1 Å². The van der Waals surface area contributed by atoms with Crippen LogP contribution in [-0.2, 0) is 0 Å². The minimum absolute atomic E-state index is 0.550. The topological polar surface area (TPSA) is 0 Å². The molecule has 0 saturated heterocycles. The number of hydrogen-bond acceptors (Lipinski definition) is 0. The molecule has 0 heterocycles. The summed E-state index contributed by atoms with van der Waals surface area (Å²) in [5, 5.41) is 0. The van der Waals surface area contributed by atoms with E-state index in [0.717, 1.165) is 11.8 Å². The molecule has 0 bridgehead atoms. The Morgan fingerprint density at radius 1 is 1.09 bits per heavy atom. The summed E-state index contributed by atoms with van der Waals surface area (Å²) < 4.78 is 0.550. The zero-order valence-electron chi connectivity index (χ0n) is 9.07. The van der Waals surface area contributed by atoms with Crippen molar-refractivity contribution in [3.63, 3.8) is 0 Å². The maximum absolute atomic E-state index is 2.42. The van der Waals surface area contributed by atoms with E-state index < -0.39 is 0 Å². The zero-order valence-corrected chi connectivity index (χ0v) is 9.07. The summed E-state index contributed by atoms with van der Waals surface area (Å²) in [4.78, 5) is 0. The normalized spacial score (nSPS) is 13.2. The molecular weight excluding hydrogens is 127 g/mol. The van der Waals surface area contributed by atoms with Gasteiger partial charge in [0.15, 0.2) is 0 Å². The van der Waals surface area contributed by atoms with Crippen molar-refractivity contribution in [3.05, 3.63) is 0 Å². The Hall–Kier alpha value is 0.597. The van der Waals surface area contributed by atoms with E-state index in [1.807, 2.05) is 0 Å². The monoisotopic (exact) mass is 148 g/mol. The summed E-state index contributed by atoms with van der Waals surface area (Å²) in [6, 6.07) is 0. The fourth-order valence-electron chi connectivity index (χ4n) is 1.78. The molecule has 0 atom stereocenters. The molecular formula is C10H21Li. The van der Waals surface area contributed by atoms with Crippen molar-refractivity contribution >= 4 is 17.7 Å². The van der Waals surface area contributed by atoms with Crippen LogP contribution in [0.15, 0.2) is 0 Å². The minimum atomic E-state index is 0.550. The molecule has 0 aromatic rings. The zero-order chi connectivity index (χ0) is 9.07. The van der Waals surface area contributed by atoms with Gasteiger partial charge in [0.25, 0.3) is 0 Å². The SMILES string of the molecule is [Li][C](CCC)(C(C)C)C(C)C. The van der Waals surface area contributed by atoms with E-state index in [-0.39, 0.29) is 0 Å². The Labute approximate surface area is 81.3 Å². The average Bonchev–Trinajstić information content (AvgIpc) is 1.87. The predicted molar refractivity (Wildman–Crippen MR) is 53.0 cm³/mol. The van der Waals surface area contributed by atoms with Crippen molar-refractivity contribution in [2.45, 2.75) is 51.5 Å². The molecule has 0 nitrogen and oxygen atoms in total. The van der Waals surface area contributed by atoms with Crippen LogP contribution in [0, 0.1) is 11.8 Å². The Balaban J connectivity index is 4.26. The molecule has 0 saturated carbocycles. The van der Waals surface area contributed by atoms with Gasteiger partial charge in [0.05, 0.1) is 0 Å². The second kappa shape index (κ2) is 4.58. The molecule has 0 amide bonds. The quantitative estimate of drug-likeness (QED) is 0.536. The number of rotatable bonds is 4. The fourth-order valence-corrected chi connectivity index (χ4v) is 1.78. The molecule has 0 aliphatic heterocycles. The molecule has 0 rings (SSSR count). The summed E-state index contributed by atoms with van der Waals surface area (Å²) >= 11 is 2.42. The molecule has 0 aliphatic carbocycles. The van der Waals surface area contributed by atoms with Crippen LogP contribution in [0.3, 0.4) is 0 Å². The van der Waals surface area contributed by atoms with E-state index in [4.69, 9.17) is 0 Å². The molecule has 0 N–H and O–H groups in total. The Kier molecular flexibility index (Phi) is 4.83. The summed E-state index contributed by atoms with van der Waals surface area (Å²) in [5.41, 5.74) is 0. The molecule has 62 valence electrons. The van der Waals surface area contributed by atoms with Crippen molar-refractivity contribution in [2.24, 2.45) is 11.8 Å². The summed E-state index contributed by atoms with van der Waals surface area (Å²) in [6.45, 7) is 11.7. The summed E-state index contributed by atoms with van der Waals surface area (Å²) in [7, 11) is 0. The third-order valence-corrected chi connectivity index (χ3v) is 3.43. The van der Waals surface area contributed by atoms with Crippen molar-refractivity contribution in [2.75, 3.05) is 0 Å². The Morgan fingerprint density at radius 2 is 1.45 bits per heavy atom. The molecule has 0 spiro atoms. The van der Waals surface area contributed by atoms with Crippen LogP contribution in [0.5, 0.6) is 0 Å². The third kappa shape index (κ3) is 2.84. The first kappa shape index (κ1) is 11.6. The van der Waals surface area contributed by atoms with Gasteiger partial charge in [0, 0.05) is 0 Å². The standard InChI is InChI=1S/C10H21.Li/c1-6-7-10(8(2)3)9(4)5;/h8-9H,6-7H2,1-5H3;. The molecule has 1 heteroatoms. The van der Waals surface area contributed by atoms with Crippen LogP contribution in [0.4, 0.5) is 0 Å². The van der Waals surface area contributed by atoms with Gasteiger partial charge in [-0.3, -0.25) is 0 Å². The Morgan fingerprint density at radius 3 is 1.55 bits per heavy atom. The van der Waals surface area contributed by atoms with E-state index in [0.29, 0.717) is 4.09 Å². The van der Waals surface area contributed by atoms with Gasteiger partial charge < -0.3 is 0 Å². The summed E-state index contributed by atoms with van der Waals surface area (Å²) in [6.07, 6.45) is 2.68. The average molecular weight is 148 g/mol. The predicted octanol–water partition coefficient (Wildman–Crippen LogP) is 3.43. The van der Waals surface area contributed by atoms with E-state index in [2.05, 4.69) is 52.3 Å². The van der Waals surface area contributed by atoms with Crippen molar-refractivity contribution in [1.82, 2.24) is 0 Å². The van der Waals surface area contributed by atoms with E-state index in [9.17, 15) is 0 Å². The van der Waals surface area contributed by atoms with Crippen LogP contribution in [0.25, 0.3) is 0 Å². The fraction of sp³-hybridized carbons (Fsp3) is 1.00. The second-order valence-corrected chi connectivity index (χ2v) is 4.57. The molecule has 0 unspecified atom stereocenters. The summed E-state index contributed by atoms with van der Waals surface area (Å²) in [5.74, 6) is 1.62. The first-order valence-electron chi connectivity index (χ1n) is 4.95. The molecule has 0 fully saturated rings. The van der Waals surface area contributed by atoms with Crippen molar-refractivity contribution in [1.29, 1.82) is 0 Å².